The number of hydrogen-bond donors (Lipinski definition) is 0. The minimum atomic E-state index is 0.506. The summed E-state index contributed by atoms with van der Waals surface area (Å²) < 4.78 is 0. The van der Waals surface area contributed by atoms with Gasteiger partial charge < -0.3 is 4.90 Å². The van der Waals surface area contributed by atoms with Gasteiger partial charge in [0, 0.05) is 6.04 Å². The summed E-state index contributed by atoms with van der Waals surface area (Å²) in [5.74, 6) is 0. The highest BCUT2D eigenvalue weighted by Crippen LogP contribution is 2.28. The van der Waals surface area contributed by atoms with Gasteiger partial charge in [-0.1, -0.05) is 49.4 Å². The number of benzene rings is 2. The molecule has 1 atom stereocenters. The number of nitrogens with zero attached hydrogens (tertiary/aromatic N) is 1. The molecule has 0 spiro atoms. The van der Waals surface area contributed by atoms with E-state index >= 15 is 0 Å². The molecule has 0 saturated heterocycles. The molecule has 2 rings (SSSR count). The maximum absolute atomic E-state index is 2.29. The smallest absolute Gasteiger partial charge is 0.0345 e. The third kappa shape index (κ3) is 1.96. The molecule has 0 aromatic heterocycles. The zero-order valence-corrected chi connectivity index (χ0v) is 10.3. The van der Waals surface area contributed by atoms with Crippen LogP contribution >= 0.6 is 0 Å². The molecule has 1 nitrogen and oxygen atoms in total. The third-order valence-corrected chi connectivity index (χ3v) is 3.19. The minimum Gasteiger partial charge on any atom is -0.302 e. The lowest BCUT2D eigenvalue weighted by Gasteiger charge is -2.24. The fourth-order valence-corrected chi connectivity index (χ4v) is 2.40. The van der Waals surface area contributed by atoms with E-state index in [1.54, 1.807) is 0 Å². The van der Waals surface area contributed by atoms with Gasteiger partial charge >= 0.3 is 0 Å². The van der Waals surface area contributed by atoms with Gasteiger partial charge in [-0.05, 0) is 36.9 Å². The SMILES string of the molecule is CCC(c1cccc2ccccc12)N(C)C. The first-order chi connectivity index (χ1) is 7.74. The third-order valence-electron chi connectivity index (χ3n) is 3.19. The number of fused-ring (bicyclic) bond motifs is 1. The molecule has 0 fully saturated rings. The van der Waals surface area contributed by atoms with Crippen LogP contribution in [-0.4, -0.2) is 19.0 Å². The monoisotopic (exact) mass is 213 g/mol. The summed E-state index contributed by atoms with van der Waals surface area (Å²) >= 11 is 0. The molecule has 84 valence electrons. The largest absolute Gasteiger partial charge is 0.302 e. The fraction of sp³-hybridized carbons (Fsp3) is 0.333. The highest BCUT2D eigenvalue weighted by atomic mass is 15.1. The Morgan fingerprint density at radius 2 is 1.69 bits per heavy atom. The van der Waals surface area contributed by atoms with Crippen LogP contribution in [0.25, 0.3) is 10.8 Å². The molecular formula is C15H19N. The van der Waals surface area contributed by atoms with Crippen LogP contribution in [0, 0.1) is 0 Å². The van der Waals surface area contributed by atoms with E-state index in [4.69, 9.17) is 0 Å². The van der Waals surface area contributed by atoms with Crippen LogP contribution in [0.15, 0.2) is 42.5 Å². The van der Waals surface area contributed by atoms with Gasteiger partial charge in [0.25, 0.3) is 0 Å². The Morgan fingerprint density at radius 3 is 2.38 bits per heavy atom. The zero-order valence-electron chi connectivity index (χ0n) is 10.3. The molecule has 0 N–H and O–H groups in total. The van der Waals surface area contributed by atoms with Gasteiger partial charge in [-0.2, -0.15) is 0 Å². The average molecular weight is 213 g/mol. The van der Waals surface area contributed by atoms with Crippen molar-refractivity contribution >= 4 is 10.8 Å². The van der Waals surface area contributed by atoms with Gasteiger partial charge in [-0.3, -0.25) is 0 Å². The first kappa shape index (κ1) is 11.2. The summed E-state index contributed by atoms with van der Waals surface area (Å²) in [4.78, 5) is 2.29. The second-order valence-corrected chi connectivity index (χ2v) is 4.46. The van der Waals surface area contributed by atoms with Crippen molar-refractivity contribution in [3.8, 4) is 0 Å². The molecule has 1 unspecified atom stereocenters. The Balaban J connectivity index is 2.59. The zero-order chi connectivity index (χ0) is 11.5. The lowest BCUT2D eigenvalue weighted by Crippen LogP contribution is -2.19. The average Bonchev–Trinajstić information content (AvgIpc) is 2.30. The molecule has 0 aliphatic carbocycles. The van der Waals surface area contributed by atoms with Crippen LogP contribution in [0.2, 0.25) is 0 Å². The van der Waals surface area contributed by atoms with Gasteiger partial charge in [0.15, 0.2) is 0 Å². The molecule has 0 amide bonds. The lowest BCUT2D eigenvalue weighted by molar-refractivity contribution is 0.293. The van der Waals surface area contributed by atoms with E-state index in [2.05, 4.69) is 68.4 Å². The molecule has 2 aromatic carbocycles. The summed E-state index contributed by atoms with van der Waals surface area (Å²) in [6, 6.07) is 15.7. The van der Waals surface area contributed by atoms with Crippen molar-refractivity contribution in [3.63, 3.8) is 0 Å². The van der Waals surface area contributed by atoms with E-state index in [9.17, 15) is 0 Å². The summed E-state index contributed by atoms with van der Waals surface area (Å²) in [5.41, 5.74) is 1.44. The van der Waals surface area contributed by atoms with Crippen molar-refractivity contribution in [3.05, 3.63) is 48.0 Å². The van der Waals surface area contributed by atoms with Gasteiger partial charge in [-0.15, -0.1) is 0 Å². The quantitative estimate of drug-likeness (QED) is 0.748. The van der Waals surface area contributed by atoms with Crippen LogP contribution in [-0.2, 0) is 0 Å². The summed E-state index contributed by atoms with van der Waals surface area (Å²) in [5, 5.41) is 2.71. The van der Waals surface area contributed by atoms with Gasteiger partial charge in [-0.25, -0.2) is 0 Å². The number of hydrogen-bond acceptors (Lipinski definition) is 1. The van der Waals surface area contributed by atoms with Crippen LogP contribution < -0.4 is 0 Å². The Bertz CT molecular complexity index is 468. The van der Waals surface area contributed by atoms with Crippen LogP contribution in [0.3, 0.4) is 0 Å². The molecule has 0 aliphatic rings. The molecule has 2 aromatic rings. The normalized spacial score (nSPS) is 13.2. The van der Waals surface area contributed by atoms with Crippen molar-refractivity contribution < 1.29 is 0 Å². The topological polar surface area (TPSA) is 3.24 Å². The molecule has 1 heteroatoms. The second-order valence-electron chi connectivity index (χ2n) is 4.46. The molecule has 0 bridgehead atoms. The standard InChI is InChI=1S/C15H19N/c1-4-15(16(2)3)14-11-7-9-12-8-5-6-10-13(12)14/h5-11,15H,4H2,1-3H3. The van der Waals surface area contributed by atoms with Crippen LogP contribution in [0.5, 0.6) is 0 Å². The van der Waals surface area contributed by atoms with E-state index in [1.807, 2.05) is 0 Å². The molecule has 0 saturated carbocycles. The maximum atomic E-state index is 2.29. The van der Waals surface area contributed by atoms with E-state index in [1.165, 1.54) is 16.3 Å². The van der Waals surface area contributed by atoms with Crippen LogP contribution in [0.4, 0.5) is 0 Å². The van der Waals surface area contributed by atoms with Crippen molar-refractivity contribution in [1.29, 1.82) is 0 Å². The second kappa shape index (κ2) is 4.67. The summed E-state index contributed by atoms with van der Waals surface area (Å²) in [6.45, 7) is 2.24. The molecule has 16 heavy (non-hydrogen) atoms. The first-order valence-electron chi connectivity index (χ1n) is 5.88. The maximum Gasteiger partial charge on any atom is 0.0345 e. The van der Waals surface area contributed by atoms with Gasteiger partial charge in [0.1, 0.15) is 0 Å². The van der Waals surface area contributed by atoms with Crippen LogP contribution in [0.1, 0.15) is 24.9 Å². The molecule has 0 aliphatic heterocycles. The predicted molar refractivity (Wildman–Crippen MR) is 70.7 cm³/mol. The highest BCUT2D eigenvalue weighted by molar-refractivity contribution is 5.86. The fourth-order valence-electron chi connectivity index (χ4n) is 2.40. The van der Waals surface area contributed by atoms with Gasteiger partial charge in [0.05, 0.1) is 0 Å². The Labute approximate surface area is 97.7 Å². The summed E-state index contributed by atoms with van der Waals surface area (Å²) in [7, 11) is 4.30. The van der Waals surface area contributed by atoms with Crippen molar-refractivity contribution in [2.45, 2.75) is 19.4 Å². The lowest BCUT2D eigenvalue weighted by atomic mass is 9.96. The van der Waals surface area contributed by atoms with Crippen molar-refractivity contribution in [2.24, 2.45) is 0 Å². The van der Waals surface area contributed by atoms with Gasteiger partial charge in [0.2, 0.25) is 0 Å². The molecule has 0 heterocycles. The molecule has 0 radical (unpaired) electrons. The summed E-state index contributed by atoms with van der Waals surface area (Å²) in [6.07, 6.45) is 1.14. The first-order valence-corrected chi connectivity index (χ1v) is 5.88. The number of rotatable bonds is 3. The Hall–Kier alpha value is -1.34. The Kier molecular flexibility index (Phi) is 3.25. The van der Waals surface area contributed by atoms with E-state index in [0.29, 0.717) is 6.04 Å². The van der Waals surface area contributed by atoms with Crippen molar-refractivity contribution in [2.75, 3.05) is 14.1 Å². The van der Waals surface area contributed by atoms with E-state index in [0.717, 1.165) is 6.42 Å². The predicted octanol–water partition coefficient (Wildman–Crippen LogP) is 3.85. The Morgan fingerprint density at radius 1 is 1.00 bits per heavy atom. The molecular weight excluding hydrogens is 194 g/mol. The van der Waals surface area contributed by atoms with E-state index < -0.39 is 0 Å². The van der Waals surface area contributed by atoms with E-state index in [-0.39, 0.29) is 0 Å². The highest BCUT2D eigenvalue weighted by Gasteiger charge is 2.13. The minimum absolute atomic E-state index is 0.506. The van der Waals surface area contributed by atoms with Crippen molar-refractivity contribution in [1.82, 2.24) is 4.90 Å².